The summed E-state index contributed by atoms with van der Waals surface area (Å²) in [6.07, 6.45) is -3.22. The number of carboxylic acids is 2. The Morgan fingerprint density at radius 3 is 1.84 bits per heavy atom. The summed E-state index contributed by atoms with van der Waals surface area (Å²) in [6, 6.07) is 10.3. The van der Waals surface area contributed by atoms with Crippen LogP contribution in [0.1, 0.15) is 5.56 Å². The van der Waals surface area contributed by atoms with Gasteiger partial charge in [-0.25, -0.2) is 9.59 Å². The molecule has 0 aliphatic heterocycles. The Kier molecular flexibility index (Phi) is 6.39. The Balaban J connectivity index is 0.000000388. The van der Waals surface area contributed by atoms with E-state index >= 15 is 0 Å². The molecule has 0 amide bonds. The maximum atomic E-state index is 10.1. The van der Waals surface area contributed by atoms with Crippen molar-refractivity contribution < 1.29 is 34.8 Å². The van der Waals surface area contributed by atoms with Crippen LogP contribution in [0.3, 0.4) is 0 Å². The molecule has 2 unspecified atom stereocenters. The van der Waals surface area contributed by atoms with E-state index in [0.717, 1.165) is 0 Å². The smallest absolute Gasteiger partial charge is 0.346 e. The topological polar surface area (TPSA) is 132 Å². The molecule has 0 heterocycles. The Morgan fingerprint density at radius 1 is 1.21 bits per heavy atom. The zero-order valence-electron chi connectivity index (χ0n) is 10.1. The summed E-state index contributed by atoms with van der Waals surface area (Å²) < 4.78 is 0. The molecule has 7 nitrogen and oxygen atoms in total. The summed E-state index contributed by atoms with van der Waals surface area (Å²) in [5.41, 5.74) is -1.96. The summed E-state index contributed by atoms with van der Waals surface area (Å²) in [5, 5.41) is 33.5. The van der Waals surface area contributed by atoms with Gasteiger partial charge < -0.3 is 20.4 Å². The average molecular weight is 270 g/mol. The highest BCUT2D eigenvalue weighted by Crippen LogP contribution is 2.08. The summed E-state index contributed by atoms with van der Waals surface area (Å²) in [7, 11) is 0. The molecule has 0 aliphatic carbocycles. The number of aryl methyl sites for hydroxylation is 1. The fraction of sp³-hybridized carbons (Fsp3) is 0.250. The van der Waals surface area contributed by atoms with E-state index in [1.54, 1.807) is 0 Å². The van der Waals surface area contributed by atoms with E-state index in [1.165, 1.54) is 5.56 Å². The van der Waals surface area contributed by atoms with Crippen LogP contribution < -0.4 is 0 Å². The SMILES string of the molecule is Cc1ccccc1.O=CC(O)(C(=O)O)C(O)C(=O)O. The van der Waals surface area contributed by atoms with Crippen molar-refractivity contribution in [2.45, 2.75) is 18.6 Å². The quantitative estimate of drug-likeness (QED) is 0.426. The van der Waals surface area contributed by atoms with Crippen LogP contribution in [0.4, 0.5) is 0 Å². The van der Waals surface area contributed by atoms with Gasteiger partial charge in [0.1, 0.15) is 0 Å². The fourth-order valence-electron chi connectivity index (χ4n) is 0.954. The number of aliphatic carboxylic acids is 2. The molecule has 2 atom stereocenters. The number of aldehydes is 1. The van der Waals surface area contributed by atoms with Gasteiger partial charge in [-0.1, -0.05) is 35.9 Å². The van der Waals surface area contributed by atoms with Crippen LogP contribution in [0.2, 0.25) is 0 Å². The molecule has 104 valence electrons. The van der Waals surface area contributed by atoms with Gasteiger partial charge in [0.05, 0.1) is 0 Å². The van der Waals surface area contributed by atoms with Crippen molar-refractivity contribution >= 4 is 18.2 Å². The molecule has 1 rings (SSSR count). The Morgan fingerprint density at radius 2 is 1.68 bits per heavy atom. The second kappa shape index (κ2) is 7.24. The highest BCUT2D eigenvalue weighted by atomic mass is 16.4. The molecule has 1 aromatic rings. The molecule has 19 heavy (non-hydrogen) atoms. The monoisotopic (exact) mass is 270 g/mol. The number of hydrogen-bond acceptors (Lipinski definition) is 5. The van der Waals surface area contributed by atoms with Crippen molar-refractivity contribution in [1.29, 1.82) is 0 Å². The third-order valence-electron chi connectivity index (χ3n) is 2.11. The molecule has 7 heteroatoms. The predicted molar refractivity (Wildman–Crippen MR) is 63.5 cm³/mol. The van der Waals surface area contributed by atoms with Crippen LogP contribution in [0, 0.1) is 6.92 Å². The molecule has 0 aromatic heterocycles. The molecule has 0 bridgehead atoms. The molecule has 0 saturated heterocycles. The molecule has 0 fully saturated rings. The molecule has 0 spiro atoms. The molecule has 0 radical (unpaired) electrons. The van der Waals surface area contributed by atoms with E-state index in [4.69, 9.17) is 20.4 Å². The lowest BCUT2D eigenvalue weighted by molar-refractivity contribution is -0.182. The van der Waals surface area contributed by atoms with Crippen molar-refractivity contribution in [3.63, 3.8) is 0 Å². The number of aliphatic hydroxyl groups excluding tert-OH is 1. The lowest BCUT2D eigenvalue weighted by Crippen LogP contribution is -2.54. The standard InChI is InChI=1S/C7H8.C5H6O7/c1-7-5-3-2-4-6-7;6-1-5(12,4(10)11)2(7)3(8)9/h2-6H,1H3;1-2,7,12H,(H,8,9)(H,10,11). The largest absolute Gasteiger partial charge is 0.479 e. The van der Waals surface area contributed by atoms with E-state index in [9.17, 15) is 14.4 Å². The zero-order chi connectivity index (χ0) is 15.1. The summed E-state index contributed by atoms with van der Waals surface area (Å²) in [4.78, 5) is 30.0. The van der Waals surface area contributed by atoms with E-state index in [1.807, 2.05) is 18.2 Å². The molecule has 0 saturated carbocycles. The maximum absolute atomic E-state index is 10.1. The van der Waals surface area contributed by atoms with E-state index < -0.39 is 29.9 Å². The minimum absolute atomic E-state index is 0.547. The number of hydrogen-bond donors (Lipinski definition) is 4. The summed E-state index contributed by atoms with van der Waals surface area (Å²) in [5.74, 6) is -4.11. The molecule has 0 aliphatic rings. The number of aliphatic hydroxyl groups is 2. The van der Waals surface area contributed by atoms with Crippen molar-refractivity contribution in [2.75, 3.05) is 0 Å². The molecule has 1 aromatic carbocycles. The van der Waals surface area contributed by atoms with Crippen molar-refractivity contribution in [3.05, 3.63) is 35.9 Å². The first kappa shape index (κ1) is 16.8. The first-order valence-electron chi connectivity index (χ1n) is 5.10. The Labute approximate surface area is 108 Å². The van der Waals surface area contributed by atoms with Crippen LogP contribution in [-0.4, -0.2) is 50.4 Å². The number of carbonyl (C=O) groups excluding carboxylic acids is 1. The van der Waals surface area contributed by atoms with E-state index in [2.05, 4.69) is 19.1 Å². The number of carboxylic acid groups (broad SMARTS) is 2. The van der Waals surface area contributed by atoms with Gasteiger partial charge in [-0.2, -0.15) is 0 Å². The molecule has 4 N–H and O–H groups in total. The fourth-order valence-corrected chi connectivity index (χ4v) is 0.954. The van der Waals surface area contributed by atoms with Crippen LogP contribution in [-0.2, 0) is 14.4 Å². The zero-order valence-corrected chi connectivity index (χ0v) is 10.1. The highest BCUT2D eigenvalue weighted by Gasteiger charge is 2.48. The van der Waals surface area contributed by atoms with Crippen LogP contribution in [0.5, 0.6) is 0 Å². The Bertz CT molecular complexity index is 443. The van der Waals surface area contributed by atoms with Crippen molar-refractivity contribution in [3.8, 4) is 0 Å². The second-order valence-corrected chi connectivity index (χ2v) is 3.64. The maximum Gasteiger partial charge on any atom is 0.346 e. The van der Waals surface area contributed by atoms with Gasteiger partial charge in [0, 0.05) is 0 Å². The first-order chi connectivity index (χ1) is 8.75. The summed E-state index contributed by atoms with van der Waals surface area (Å²) >= 11 is 0. The van der Waals surface area contributed by atoms with Crippen molar-refractivity contribution in [2.24, 2.45) is 0 Å². The van der Waals surface area contributed by atoms with Crippen LogP contribution >= 0.6 is 0 Å². The number of benzene rings is 1. The van der Waals surface area contributed by atoms with Crippen molar-refractivity contribution in [1.82, 2.24) is 0 Å². The minimum atomic E-state index is -3.29. The van der Waals surface area contributed by atoms with Gasteiger partial charge in [0.2, 0.25) is 0 Å². The van der Waals surface area contributed by atoms with Gasteiger partial charge in [-0.05, 0) is 6.92 Å². The Hall–Kier alpha value is -2.25. The van der Waals surface area contributed by atoms with Crippen LogP contribution in [0.15, 0.2) is 30.3 Å². The lowest BCUT2D eigenvalue weighted by Gasteiger charge is -2.18. The normalized spacial score (nSPS) is 14.3. The van der Waals surface area contributed by atoms with E-state index in [-0.39, 0.29) is 0 Å². The van der Waals surface area contributed by atoms with E-state index in [0.29, 0.717) is 0 Å². The third-order valence-corrected chi connectivity index (χ3v) is 2.11. The molecular weight excluding hydrogens is 256 g/mol. The third kappa shape index (κ3) is 4.86. The average Bonchev–Trinajstić information content (AvgIpc) is 2.38. The highest BCUT2D eigenvalue weighted by molar-refractivity contribution is 6.01. The van der Waals surface area contributed by atoms with Gasteiger partial charge in [-0.3, -0.25) is 4.79 Å². The van der Waals surface area contributed by atoms with Gasteiger partial charge in [0.15, 0.2) is 12.4 Å². The number of carbonyl (C=O) groups is 3. The number of rotatable bonds is 4. The van der Waals surface area contributed by atoms with Gasteiger partial charge in [0.25, 0.3) is 5.60 Å². The summed E-state index contributed by atoms with van der Waals surface area (Å²) in [6.45, 7) is 2.08. The minimum Gasteiger partial charge on any atom is -0.479 e. The lowest BCUT2D eigenvalue weighted by atomic mass is 9.99. The predicted octanol–water partition coefficient (Wildman–Crippen LogP) is -0.558. The van der Waals surface area contributed by atoms with Crippen LogP contribution in [0.25, 0.3) is 0 Å². The first-order valence-corrected chi connectivity index (χ1v) is 5.10. The van der Waals surface area contributed by atoms with Gasteiger partial charge >= 0.3 is 11.9 Å². The second-order valence-electron chi connectivity index (χ2n) is 3.64. The molecular formula is C12H14O7. The van der Waals surface area contributed by atoms with Gasteiger partial charge in [-0.15, -0.1) is 0 Å².